The van der Waals surface area contributed by atoms with Crippen molar-refractivity contribution in [2.24, 2.45) is 0 Å². The van der Waals surface area contributed by atoms with Crippen LogP contribution in [-0.4, -0.2) is 24.7 Å². The molecule has 0 aliphatic carbocycles. The first kappa shape index (κ1) is 16.7. The summed E-state index contributed by atoms with van der Waals surface area (Å²) < 4.78 is 41.1. The van der Waals surface area contributed by atoms with E-state index < -0.39 is 15.8 Å². The van der Waals surface area contributed by atoms with Crippen LogP contribution in [0, 0.1) is 5.82 Å². The van der Waals surface area contributed by atoms with Gasteiger partial charge in [0.2, 0.25) is 0 Å². The number of rotatable bonds is 5. The van der Waals surface area contributed by atoms with Crippen molar-refractivity contribution in [3.8, 4) is 11.3 Å². The molecule has 0 radical (unpaired) electrons. The van der Waals surface area contributed by atoms with Crippen molar-refractivity contribution in [2.75, 3.05) is 4.72 Å². The molecule has 0 atom stereocenters. The van der Waals surface area contributed by atoms with Crippen LogP contribution >= 0.6 is 0 Å². The zero-order chi connectivity index (χ0) is 17.9. The smallest absolute Gasteiger partial charge is 0.263 e. The molecule has 1 aromatic carbocycles. The van der Waals surface area contributed by atoms with Gasteiger partial charge in [-0.05, 0) is 36.4 Å². The zero-order valence-corrected chi connectivity index (χ0v) is 13.6. The lowest BCUT2D eigenvalue weighted by Gasteiger charge is -2.09. The molecular formula is C17H12FN3O3S. The molecule has 0 saturated heterocycles. The summed E-state index contributed by atoms with van der Waals surface area (Å²) >= 11 is 0. The standard InChI is InChI=1S/C17H12FN3O3S/c18-16-8-12(11-22)3-4-15(16)17-9-13(5-7-20-17)21-25(23,24)14-2-1-6-19-10-14/h1-11H,(H,20,21). The molecule has 0 aliphatic heterocycles. The van der Waals surface area contributed by atoms with Gasteiger partial charge in [0.1, 0.15) is 17.0 Å². The Bertz CT molecular complexity index is 1020. The third-order valence-electron chi connectivity index (χ3n) is 3.36. The van der Waals surface area contributed by atoms with Crippen molar-refractivity contribution in [3.05, 3.63) is 72.4 Å². The topological polar surface area (TPSA) is 89.0 Å². The summed E-state index contributed by atoms with van der Waals surface area (Å²) in [5, 5.41) is 0. The molecule has 0 bridgehead atoms. The summed E-state index contributed by atoms with van der Waals surface area (Å²) in [4.78, 5) is 18.5. The van der Waals surface area contributed by atoms with Gasteiger partial charge in [-0.3, -0.25) is 19.5 Å². The minimum Gasteiger partial charge on any atom is -0.298 e. The van der Waals surface area contributed by atoms with Crippen LogP contribution in [-0.2, 0) is 10.0 Å². The third kappa shape index (κ3) is 3.69. The summed E-state index contributed by atoms with van der Waals surface area (Å²) in [5.41, 5.74) is 0.830. The maximum absolute atomic E-state index is 14.1. The minimum atomic E-state index is -3.81. The highest BCUT2D eigenvalue weighted by Gasteiger charge is 2.15. The first-order chi connectivity index (χ1) is 12.0. The molecule has 2 heterocycles. The molecule has 25 heavy (non-hydrogen) atoms. The van der Waals surface area contributed by atoms with Crippen LogP contribution in [0.15, 0.2) is 66.0 Å². The van der Waals surface area contributed by atoms with Gasteiger partial charge >= 0.3 is 0 Å². The van der Waals surface area contributed by atoms with Gasteiger partial charge in [-0.2, -0.15) is 0 Å². The normalized spacial score (nSPS) is 11.1. The molecule has 1 N–H and O–H groups in total. The highest BCUT2D eigenvalue weighted by molar-refractivity contribution is 7.92. The highest BCUT2D eigenvalue weighted by Crippen LogP contribution is 2.25. The predicted octanol–water partition coefficient (Wildman–Crippen LogP) is 2.90. The van der Waals surface area contributed by atoms with E-state index >= 15 is 0 Å². The molecule has 3 aromatic rings. The van der Waals surface area contributed by atoms with Crippen molar-refractivity contribution in [1.82, 2.24) is 9.97 Å². The lowest BCUT2D eigenvalue weighted by atomic mass is 10.1. The number of halogens is 1. The largest absolute Gasteiger partial charge is 0.298 e. The van der Waals surface area contributed by atoms with E-state index in [4.69, 9.17) is 0 Å². The predicted molar refractivity (Wildman–Crippen MR) is 90.1 cm³/mol. The van der Waals surface area contributed by atoms with Crippen molar-refractivity contribution < 1.29 is 17.6 Å². The van der Waals surface area contributed by atoms with Gasteiger partial charge in [-0.1, -0.05) is 6.07 Å². The van der Waals surface area contributed by atoms with Crippen LogP contribution in [0.2, 0.25) is 0 Å². The van der Waals surface area contributed by atoms with Crippen LogP contribution in [0.25, 0.3) is 11.3 Å². The number of aromatic nitrogens is 2. The van der Waals surface area contributed by atoms with E-state index in [1.807, 2.05) is 0 Å². The van der Waals surface area contributed by atoms with Gasteiger partial charge in [0.25, 0.3) is 10.0 Å². The van der Waals surface area contributed by atoms with Crippen molar-refractivity contribution >= 4 is 22.0 Å². The SMILES string of the molecule is O=Cc1ccc(-c2cc(NS(=O)(=O)c3cccnc3)ccn2)c(F)c1. The maximum Gasteiger partial charge on any atom is 0.263 e. The molecule has 0 saturated carbocycles. The second kappa shape index (κ2) is 6.78. The second-order valence-electron chi connectivity index (χ2n) is 5.08. The number of carbonyl (C=O) groups is 1. The second-order valence-corrected chi connectivity index (χ2v) is 6.76. The molecule has 126 valence electrons. The molecule has 0 amide bonds. The molecule has 0 aliphatic rings. The van der Waals surface area contributed by atoms with Crippen LogP contribution in [0.3, 0.4) is 0 Å². The van der Waals surface area contributed by atoms with E-state index in [2.05, 4.69) is 14.7 Å². The summed E-state index contributed by atoms with van der Waals surface area (Å²) in [6.07, 6.45) is 4.60. The van der Waals surface area contributed by atoms with Crippen LogP contribution in [0.5, 0.6) is 0 Å². The number of carbonyl (C=O) groups excluding carboxylic acids is 1. The first-order valence-corrected chi connectivity index (χ1v) is 8.62. The number of nitrogens with zero attached hydrogens (tertiary/aromatic N) is 2. The number of nitrogens with one attached hydrogen (secondary N) is 1. The van der Waals surface area contributed by atoms with E-state index in [9.17, 15) is 17.6 Å². The lowest BCUT2D eigenvalue weighted by molar-refractivity contribution is 0.112. The van der Waals surface area contributed by atoms with E-state index in [1.54, 1.807) is 0 Å². The average molecular weight is 357 g/mol. The number of hydrogen-bond donors (Lipinski definition) is 1. The van der Waals surface area contributed by atoms with Gasteiger partial charge in [0.05, 0.1) is 11.4 Å². The van der Waals surface area contributed by atoms with Crippen LogP contribution in [0.1, 0.15) is 10.4 Å². The van der Waals surface area contributed by atoms with Crippen LogP contribution in [0.4, 0.5) is 10.1 Å². The van der Waals surface area contributed by atoms with E-state index in [-0.39, 0.29) is 27.4 Å². The van der Waals surface area contributed by atoms with Gasteiger partial charge in [-0.15, -0.1) is 0 Å². The maximum atomic E-state index is 14.1. The number of sulfonamides is 1. The number of hydrogen-bond acceptors (Lipinski definition) is 5. The summed E-state index contributed by atoms with van der Waals surface area (Å²) in [6, 6.07) is 9.75. The van der Waals surface area contributed by atoms with Crippen molar-refractivity contribution in [2.45, 2.75) is 4.90 Å². The third-order valence-corrected chi connectivity index (χ3v) is 4.73. The Morgan fingerprint density at radius 3 is 2.60 bits per heavy atom. The first-order valence-electron chi connectivity index (χ1n) is 7.13. The summed E-state index contributed by atoms with van der Waals surface area (Å²) in [5.74, 6) is -0.621. The molecule has 8 heteroatoms. The van der Waals surface area contributed by atoms with Gasteiger partial charge in [-0.25, -0.2) is 12.8 Å². The van der Waals surface area contributed by atoms with Gasteiger partial charge in [0.15, 0.2) is 0 Å². The van der Waals surface area contributed by atoms with Crippen LogP contribution < -0.4 is 4.72 Å². The Labute approximate surface area is 143 Å². The minimum absolute atomic E-state index is 0.00915. The molecule has 0 unspecified atom stereocenters. The van der Waals surface area contributed by atoms with Gasteiger partial charge in [0, 0.05) is 29.7 Å². The number of anilines is 1. The van der Waals surface area contributed by atoms with Gasteiger partial charge < -0.3 is 0 Å². The monoisotopic (exact) mass is 357 g/mol. The lowest BCUT2D eigenvalue weighted by Crippen LogP contribution is -2.13. The Morgan fingerprint density at radius 1 is 1.08 bits per heavy atom. The Hall–Kier alpha value is -3.13. The number of benzene rings is 1. The number of aldehydes is 1. The quantitative estimate of drug-likeness (QED) is 0.709. The Morgan fingerprint density at radius 2 is 1.92 bits per heavy atom. The van der Waals surface area contributed by atoms with Crippen molar-refractivity contribution in [3.63, 3.8) is 0 Å². The van der Waals surface area contributed by atoms with Crippen molar-refractivity contribution in [1.29, 1.82) is 0 Å². The van der Waals surface area contributed by atoms with E-state index in [0.29, 0.717) is 6.29 Å². The van der Waals surface area contributed by atoms with E-state index in [1.165, 1.54) is 55.0 Å². The fourth-order valence-corrected chi connectivity index (χ4v) is 3.19. The Kier molecular flexibility index (Phi) is 4.53. The molecule has 6 nitrogen and oxygen atoms in total. The summed E-state index contributed by atoms with van der Waals surface area (Å²) in [7, 11) is -3.81. The fourth-order valence-electron chi connectivity index (χ4n) is 2.17. The average Bonchev–Trinajstić information content (AvgIpc) is 2.62. The fraction of sp³-hybridized carbons (Fsp3) is 0. The Balaban J connectivity index is 1.94. The molecule has 0 spiro atoms. The molecular weight excluding hydrogens is 345 g/mol. The zero-order valence-electron chi connectivity index (χ0n) is 12.8. The molecule has 3 rings (SSSR count). The van der Waals surface area contributed by atoms with E-state index in [0.717, 1.165) is 6.07 Å². The molecule has 0 fully saturated rings. The number of pyridine rings is 2. The highest BCUT2D eigenvalue weighted by atomic mass is 32.2. The summed E-state index contributed by atoms with van der Waals surface area (Å²) in [6.45, 7) is 0. The molecule has 2 aromatic heterocycles.